The van der Waals surface area contributed by atoms with Crippen molar-refractivity contribution in [1.29, 1.82) is 0 Å². The molecular formula is C16H21O6P. The highest BCUT2D eigenvalue weighted by Crippen LogP contribution is 2.68. The van der Waals surface area contributed by atoms with Gasteiger partial charge in [0.2, 0.25) is 0 Å². The van der Waals surface area contributed by atoms with Gasteiger partial charge in [-0.15, -0.1) is 0 Å². The topological polar surface area (TPSA) is 71.1 Å². The van der Waals surface area contributed by atoms with E-state index in [-0.39, 0.29) is 6.42 Å². The van der Waals surface area contributed by atoms with Crippen LogP contribution in [0.3, 0.4) is 0 Å². The van der Waals surface area contributed by atoms with Gasteiger partial charge in [0.1, 0.15) is 5.75 Å². The average Bonchev–Trinajstić information content (AvgIpc) is 3.06. The van der Waals surface area contributed by atoms with E-state index in [1.165, 1.54) is 21.3 Å². The molecule has 23 heavy (non-hydrogen) atoms. The summed E-state index contributed by atoms with van der Waals surface area (Å²) >= 11 is 0. The molecule has 1 aromatic rings. The van der Waals surface area contributed by atoms with Crippen LogP contribution in [-0.4, -0.2) is 39.6 Å². The van der Waals surface area contributed by atoms with Gasteiger partial charge in [0.05, 0.1) is 14.2 Å². The van der Waals surface area contributed by atoms with Crippen molar-refractivity contribution < 1.29 is 27.9 Å². The van der Waals surface area contributed by atoms with Gasteiger partial charge < -0.3 is 18.5 Å². The zero-order valence-electron chi connectivity index (χ0n) is 13.6. The van der Waals surface area contributed by atoms with E-state index in [2.05, 4.69) is 0 Å². The Kier molecular flexibility index (Phi) is 5.30. The second kappa shape index (κ2) is 6.87. The van der Waals surface area contributed by atoms with E-state index < -0.39 is 24.6 Å². The molecule has 0 bridgehead atoms. The minimum atomic E-state index is -3.74. The normalized spacial score (nSPS) is 23.7. The van der Waals surface area contributed by atoms with Crippen LogP contribution in [0.15, 0.2) is 36.4 Å². The zero-order chi connectivity index (χ0) is 17.1. The van der Waals surface area contributed by atoms with Crippen molar-refractivity contribution in [3.8, 4) is 5.75 Å². The summed E-state index contributed by atoms with van der Waals surface area (Å²) < 4.78 is 33.6. The van der Waals surface area contributed by atoms with Crippen LogP contribution in [0.1, 0.15) is 17.9 Å². The third-order valence-electron chi connectivity index (χ3n) is 4.26. The Hall–Kier alpha value is -1.62. The first-order valence-corrected chi connectivity index (χ1v) is 8.64. The molecule has 1 aliphatic rings. The number of allylic oxidation sites excluding steroid dienone is 2. The van der Waals surface area contributed by atoms with Crippen molar-refractivity contribution in [3.05, 3.63) is 42.0 Å². The lowest BCUT2D eigenvalue weighted by molar-refractivity contribution is -0.144. The van der Waals surface area contributed by atoms with Crippen molar-refractivity contribution in [2.75, 3.05) is 28.4 Å². The van der Waals surface area contributed by atoms with E-state index in [1.807, 2.05) is 18.2 Å². The number of hydrogen-bond acceptors (Lipinski definition) is 6. The van der Waals surface area contributed by atoms with Crippen molar-refractivity contribution in [1.82, 2.24) is 0 Å². The number of esters is 1. The quantitative estimate of drug-likeness (QED) is 0.450. The Bertz CT molecular complexity index is 630. The minimum absolute atomic E-state index is 0.218. The standard InChI is InChI=1S/C16H21O6P/c1-19-13-9-7-12(8-10-13)14-6-5-11-16(14,15(17)20-2)23(18,21-3)22-4/h5-10,14H,11H2,1-4H3. The van der Waals surface area contributed by atoms with E-state index in [0.29, 0.717) is 5.75 Å². The molecule has 0 heterocycles. The number of carbonyl (C=O) groups excluding carboxylic acids is 1. The Morgan fingerprint density at radius 1 is 1.13 bits per heavy atom. The van der Waals surface area contributed by atoms with Crippen molar-refractivity contribution >= 4 is 13.6 Å². The smallest absolute Gasteiger partial charge is 0.348 e. The lowest BCUT2D eigenvalue weighted by Gasteiger charge is -2.36. The molecule has 1 aliphatic carbocycles. The van der Waals surface area contributed by atoms with Gasteiger partial charge in [0.15, 0.2) is 5.16 Å². The highest BCUT2D eigenvalue weighted by Gasteiger charge is 2.62. The average molecular weight is 340 g/mol. The largest absolute Gasteiger partial charge is 0.497 e. The summed E-state index contributed by atoms with van der Waals surface area (Å²) in [4.78, 5) is 12.6. The van der Waals surface area contributed by atoms with Crippen molar-refractivity contribution in [2.45, 2.75) is 17.5 Å². The fourth-order valence-corrected chi connectivity index (χ4v) is 5.07. The van der Waals surface area contributed by atoms with E-state index in [0.717, 1.165) is 5.56 Å². The summed E-state index contributed by atoms with van der Waals surface area (Å²) in [6.07, 6.45) is 3.86. The molecule has 7 heteroatoms. The number of benzene rings is 1. The Morgan fingerprint density at radius 2 is 1.74 bits per heavy atom. The van der Waals surface area contributed by atoms with Crippen LogP contribution in [0.5, 0.6) is 5.75 Å². The number of carbonyl (C=O) groups is 1. The predicted octanol–water partition coefficient (Wildman–Crippen LogP) is 3.14. The van der Waals surface area contributed by atoms with Crippen LogP contribution in [-0.2, 0) is 23.1 Å². The van der Waals surface area contributed by atoms with Gasteiger partial charge >= 0.3 is 13.6 Å². The van der Waals surface area contributed by atoms with Gasteiger partial charge in [-0.25, -0.2) is 0 Å². The third-order valence-corrected chi connectivity index (χ3v) is 6.84. The minimum Gasteiger partial charge on any atom is -0.497 e. The second-order valence-corrected chi connectivity index (χ2v) is 7.68. The Morgan fingerprint density at radius 3 is 2.22 bits per heavy atom. The van der Waals surface area contributed by atoms with Gasteiger partial charge in [-0.2, -0.15) is 0 Å². The number of ether oxygens (including phenoxy) is 2. The molecular weight excluding hydrogens is 319 g/mol. The molecule has 0 radical (unpaired) electrons. The van der Waals surface area contributed by atoms with Gasteiger partial charge in [-0.1, -0.05) is 24.3 Å². The van der Waals surface area contributed by atoms with Gasteiger partial charge in [-0.05, 0) is 24.1 Å². The number of methoxy groups -OCH3 is 2. The molecule has 0 fully saturated rings. The summed E-state index contributed by atoms with van der Waals surface area (Å²) in [5.41, 5.74) is 0.805. The molecule has 0 saturated carbocycles. The Labute approximate surface area is 135 Å². The maximum atomic E-state index is 13.2. The molecule has 1 aromatic carbocycles. The molecule has 0 aliphatic heterocycles. The van der Waals surface area contributed by atoms with Crippen LogP contribution in [0.2, 0.25) is 0 Å². The summed E-state index contributed by atoms with van der Waals surface area (Å²) in [5, 5.41) is -1.43. The number of rotatable bonds is 6. The van der Waals surface area contributed by atoms with Crippen molar-refractivity contribution in [2.24, 2.45) is 0 Å². The highest BCUT2D eigenvalue weighted by atomic mass is 31.2. The molecule has 0 spiro atoms. The summed E-state index contributed by atoms with van der Waals surface area (Å²) in [6, 6.07) is 7.22. The summed E-state index contributed by atoms with van der Waals surface area (Å²) in [5.74, 6) is -0.400. The third kappa shape index (κ3) is 2.71. The lowest BCUT2D eigenvalue weighted by atomic mass is 9.87. The monoisotopic (exact) mass is 340 g/mol. The second-order valence-electron chi connectivity index (χ2n) is 5.16. The number of hydrogen-bond donors (Lipinski definition) is 0. The van der Waals surface area contributed by atoms with Crippen LogP contribution in [0, 0.1) is 0 Å². The van der Waals surface area contributed by atoms with Gasteiger partial charge in [-0.3, -0.25) is 9.36 Å². The SMILES string of the molecule is COC(=O)C1(P(=O)(OC)OC)CC=CC1c1ccc(OC)cc1. The molecule has 0 aromatic heterocycles. The molecule has 2 atom stereocenters. The highest BCUT2D eigenvalue weighted by molar-refractivity contribution is 7.57. The van der Waals surface area contributed by atoms with E-state index in [1.54, 1.807) is 25.3 Å². The summed E-state index contributed by atoms with van der Waals surface area (Å²) in [7, 11) is 1.65. The molecule has 0 saturated heterocycles. The predicted molar refractivity (Wildman–Crippen MR) is 85.9 cm³/mol. The summed E-state index contributed by atoms with van der Waals surface area (Å²) in [6.45, 7) is 0. The maximum Gasteiger partial charge on any atom is 0.348 e. The van der Waals surface area contributed by atoms with Crippen LogP contribution in [0.25, 0.3) is 0 Å². The van der Waals surface area contributed by atoms with Crippen LogP contribution >= 0.6 is 7.60 Å². The molecule has 2 unspecified atom stereocenters. The molecule has 0 N–H and O–H groups in total. The zero-order valence-corrected chi connectivity index (χ0v) is 14.5. The van der Waals surface area contributed by atoms with E-state index in [9.17, 15) is 9.36 Å². The van der Waals surface area contributed by atoms with E-state index >= 15 is 0 Å². The fraction of sp³-hybridized carbons (Fsp3) is 0.438. The van der Waals surface area contributed by atoms with Gasteiger partial charge in [0.25, 0.3) is 0 Å². The Balaban J connectivity index is 2.57. The molecule has 2 rings (SSSR count). The maximum absolute atomic E-state index is 13.2. The molecule has 126 valence electrons. The van der Waals surface area contributed by atoms with Crippen LogP contribution in [0.4, 0.5) is 0 Å². The molecule has 0 amide bonds. The van der Waals surface area contributed by atoms with E-state index in [4.69, 9.17) is 18.5 Å². The first-order valence-electron chi connectivity index (χ1n) is 7.09. The van der Waals surface area contributed by atoms with Crippen LogP contribution < -0.4 is 4.74 Å². The molecule has 6 nitrogen and oxygen atoms in total. The van der Waals surface area contributed by atoms with Crippen molar-refractivity contribution in [3.63, 3.8) is 0 Å². The first kappa shape index (κ1) is 17.7. The first-order chi connectivity index (χ1) is 11.0. The lowest BCUT2D eigenvalue weighted by Crippen LogP contribution is -2.43. The fourth-order valence-electron chi connectivity index (χ4n) is 3.05. The van der Waals surface area contributed by atoms with Gasteiger partial charge in [0, 0.05) is 20.1 Å².